The van der Waals surface area contributed by atoms with Gasteiger partial charge in [-0.25, -0.2) is 0 Å². The topological polar surface area (TPSA) is 88.6 Å². The predicted octanol–water partition coefficient (Wildman–Crippen LogP) is 1.04. The average Bonchev–Trinajstić information content (AvgIpc) is 2.97. The molecule has 0 aromatic carbocycles. The van der Waals surface area contributed by atoms with Crippen LogP contribution in [0.3, 0.4) is 0 Å². The monoisotopic (exact) mass is 275 g/mol. The lowest BCUT2D eigenvalue weighted by Crippen LogP contribution is -2.33. The van der Waals surface area contributed by atoms with Crippen molar-refractivity contribution in [3.8, 4) is 0 Å². The van der Waals surface area contributed by atoms with Gasteiger partial charge in [0.2, 0.25) is 0 Å². The third-order valence-corrected chi connectivity index (χ3v) is 2.87. The number of halogens is 1. The van der Waals surface area contributed by atoms with Gasteiger partial charge in [-0.3, -0.25) is 14.9 Å². The van der Waals surface area contributed by atoms with Gasteiger partial charge in [-0.15, -0.1) is 12.4 Å². The summed E-state index contributed by atoms with van der Waals surface area (Å²) in [5, 5.41) is 13.5. The second-order valence-electron chi connectivity index (χ2n) is 3.92. The van der Waals surface area contributed by atoms with Gasteiger partial charge in [-0.05, 0) is 19.5 Å². The Morgan fingerprint density at radius 3 is 2.83 bits per heavy atom. The first-order valence-electron chi connectivity index (χ1n) is 5.32. The van der Waals surface area contributed by atoms with Crippen molar-refractivity contribution in [2.75, 3.05) is 20.1 Å². The molecule has 0 aliphatic carbocycles. The molecular formula is C10H14ClN3O4. The number of rotatable bonds is 3. The second-order valence-corrected chi connectivity index (χ2v) is 3.92. The van der Waals surface area contributed by atoms with E-state index >= 15 is 0 Å². The molecule has 0 bridgehead atoms. The van der Waals surface area contributed by atoms with E-state index in [-0.39, 0.29) is 30.1 Å². The van der Waals surface area contributed by atoms with Gasteiger partial charge >= 0.3 is 5.88 Å². The van der Waals surface area contributed by atoms with Crippen LogP contribution in [0.2, 0.25) is 0 Å². The maximum atomic E-state index is 11.9. The van der Waals surface area contributed by atoms with E-state index in [1.165, 1.54) is 12.1 Å². The number of nitro groups is 1. The van der Waals surface area contributed by atoms with E-state index in [4.69, 9.17) is 4.42 Å². The Kier molecular flexibility index (Phi) is 4.69. The van der Waals surface area contributed by atoms with Crippen molar-refractivity contribution in [2.45, 2.75) is 12.5 Å². The second kappa shape index (κ2) is 5.83. The Hall–Kier alpha value is -1.60. The van der Waals surface area contributed by atoms with Crippen LogP contribution in [-0.2, 0) is 0 Å². The third kappa shape index (κ3) is 2.80. The molecule has 100 valence electrons. The highest BCUT2D eigenvalue weighted by Crippen LogP contribution is 2.19. The Morgan fingerprint density at radius 2 is 2.33 bits per heavy atom. The first kappa shape index (κ1) is 14.5. The molecule has 1 aliphatic rings. The molecule has 1 amide bonds. The van der Waals surface area contributed by atoms with Gasteiger partial charge < -0.3 is 14.6 Å². The number of carbonyl (C=O) groups is 1. The van der Waals surface area contributed by atoms with Crippen molar-refractivity contribution in [2.24, 2.45) is 0 Å². The van der Waals surface area contributed by atoms with Crippen LogP contribution >= 0.6 is 12.4 Å². The van der Waals surface area contributed by atoms with E-state index in [9.17, 15) is 14.9 Å². The van der Waals surface area contributed by atoms with Gasteiger partial charge in [0, 0.05) is 19.1 Å². The summed E-state index contributed by atoms with van der Waals surface area (Å²) in [6.45, 7) is 1.24. The van der Waals surface area contributed by atoms with Crippen molar-refractivity contribution >= 4 is 24.2 Å². The van der Waals surface area contributed by atoms with Gasteiger partial charge in [0.1, 0.15) is 4.92 Å². The molecule has 1 N–H and O–H groups in total. The lowest BCUT2D eigenvalue weighted by atomic mass is 10.3. The van der Waals surface area contributed by atoms with E-state index in [1.54, 1.807) is 4.90 Å². The fourth-order valence-electron chi connectivity index (χ4n) is 1.88. The van der Waals surface area contributed by atoms with Gasteiger partial charge in [-0.2, -0.15) is 0 Å². The van der Waals surface area contributed by atoms with Gasteiger partial charge in [-0.1, -0.05) is 0 Å². The van der Waals surface area contributed by atoms with Crippen molar-refractivity contribution in [1.82, 2.24) is 10.2 Å². The molecule has 0 radical (unpaired) electrons. The molecule has 1 fully saturated rings. The molecule has 1 aromatic rings. The summed E-state index contributed by atoms with van der Waals surface area (Å²) >= 11 is 0. The summed E-state index contributed by atoms with van der Waals surface area (Å²) in [4.78, 5) is 23.3. The van der Waals surface area contributed by atoms with Crippen LogP contribution in [0.5, 0.6) is 0 Å². The Bertz CT molecular complexity index is 448. The molecule has 1 atom stereocenters. The molecular weight excluding hydrogens is 262 g/mol. The SMILES string of the molecule is CNC1CCN(C(=O)c2ccc([N+](=O)[O-])o2)C1.Cl. The van der Waals surface area contributed by atoms with Gasteiger partial charge in [0.25, 0.3) is 5.91 Å². The molecule has 0 saturated carbocycles. The minimum atomic E-state index is -0.656. The van der Waals surface area contributed by atoms with Crippen LogP contribution < -0.4 is 5.32 Å². The molecule has 18 heavy (non-hydrogen) atoms. The van der Waals surface area contributed by atoms with E-state index in [0.29, 0.717) is 13.1 Å². The summed E-state index contributed by atoms with van der Waals surface area (Å²) in [6, 6.07) is 2.82. The summed E-state index contributed by atoms with van der Waals surface area (Å²) in [6.07, 6.45) is 0.880. The van der Waals surface area contributed by atoms with Crippen LogP contribution in [0.4, 0.5) is 5.88 Å². The molecule has 7 nitrogen and oxygen atoms in total. The normalized spacial score (nSPS) is 18.5. The molecule has 0 spiro atoms. The largest absolute Gasteiger partial charge is 0.433 e. The zero-order chi connectivity index (χ0) is 12.4. The van der Waals surface area contributed by atoms with Crippen LogP contribution in [-0.4, -0.2) is 41.9 Å². The molecule has 1 aliphatic heterocycles. The summed E-state index contributed by atoms with van der Waals surface area (Å²) < 4.78 is 4.88. The van der Waals surface area contributed by atoms with Crippen LogP contribution in [0.15, 0.2) is 16.5 Å². The predicted molar refractivity (Wildman–Crippen MR) is 66.0 cm³/mol. The minimum Gasteiger partial charge on any atom is -0.395 e. The Labute approximate surface area is 110 Å². The third-order valence-electron chi connectivity index (χ3n) is 2.87. The smallest absolute Gasteiger partial charge is 0.395 e. The van der Waals surface area contributed by atoms with Crippen LogP contribution in [0, 0.1) is 10.1 Å². The average molecular weight is 276 g/mol. The number of hydrogen-bond acceptors (Lipinski definition) is 5. The number of likely N-dealkylation sites (N-methyl/N-ethyl adjacent to an activating group) is 1. The van der Waals surface area contributed by atoms with Crippen molar-refractivity contribution < 1.29 is 14.1 Å². The lowest BCUT2D eigenvalue weighted by molar-refractivity contribution is -0.402. The van der Waals surface area contributed by atoms with Crippen LogP contribution in [0.1, 0.15) is 17.0 Å². The Morgan fingerprint density at radius 1 is 1.61 bits per heavy atom. The first-order valence-corrected chi connectivity index (χ1v) is 5.32. The number of nitrogens with zero attached hydrogens (tertiary/aromatic N) is 2. The van der Waals surface area contributed by atoms with Crippen molar-refractivity contribution in [3.05, 3.63) is 28.0 Å². The zero-order valence-corrected chi connectivity index (χ0v) is 10.6. The van der Waals surface area contributed by atoms with E-state index in [1.807, 2.05) is 7.05 Å². The number of furan rings is 1. The van der Waals surface area contributed by atoms with E-state index in [0.717, 1.165) is 6.42 Å². The van der Waals surface area contributed by atoms with E-state index < -0.39 is 10.8 Å². The fourth-order valence-corrected chi connectivity index (χ4v) is 1.88. The number of hydrogen-bond donors (Lipinski definition) is 1. The standard InChI is InChI=1S/C10H13N3O4.ClH/c1-11-7-4-5-12(6-7)10(14)8-2-3-9(17-8)13(15)16;/h2-3,7,11H,4-6H2,1H3;1H. The highest BCUT2D eigenvalue weighted by Gasteiger charge is 2.28. The number of carbonyl (C=O) groups excluding carboxylic acids is 1. The highest BCUT2D eigenvalue weighted by molar-refractivity contribution is 5.92. The van der Waals surface area contributed by atoms with E-state index in [2.05, 4.69) is 5.32 Å². The Balaban J connectivity index is 0.00000162. The maximum absolute atomic E-state index is 11.9. The summed E-state index contributed by atoms with van der Waals surface area (Å²) in [5.74, 6) is -0.679. The number of nitrogens with one attached hydrogen (secondary N) is 1. The summed E-state index contributed by atoms with van der Waals surface area (Å²) in [7, 11) is 1.84. The number of likely N-dealkylation sites (tertiary alicyclic amines) is 1. The molecule has 1 aromatic heterocycles. The zero-order valence-electron chi connectivity index (χ0n) is 9.79. The number of amides is 1. The highest BCUT2D eigenvalue weighted by atomic mass is 35.5. The molecule has 8 heteroatoms. The van der Waals surface area contributed by atoms with Crippen molar-refractivity contribution in [1.29, 1.82) is 0 Å². The summed E-state index contributed by atoms with van der Waals surface area (Å²) in [5.41, 5.74) is 0. The van der Waals surface area contributed by atoms with Gasteiger partial charge in [0.05, 0.1) is 6.07 Å². The maximum Gasteiger partial charge on any atom is 0.433 e. The first-order chi connectivity index (χ1) is 8.11. The van der Waals surface area contributed by atoms with Crippen molar-refractivity contribution in [3.63, 3.8) is 0 Å². The molecule has 1 saturated heterocycles. The van der Waals surface area contributed by atoms with Gasteiger partial charge in [0.15, 0.2) is 5.76 Å². The molecule has 1 unspecified atom stereocenters. The molecule has 2 rings (SSSR count). The fraction of sp³-hybridized carbons (Fsp3) is 0.500. The minimum absolute atomic E-state index is 0. The molecule has 2 heterocycles. The lowest BCUT2D eigenvalue weighted by Gasteiger charge is -2.14. The quantitative estimate of drug-likeness (QED) is 0.658. The van der Waals surface area contributed by atoms with Crippen LogP contribution in [0.25, 0.3) is 0 Å².